The van der Waals surface area contributed by atoms with Gasteiger partial charge in [-0.3, -0.25) is 0 Å². The molecule has 0 aliphatic carbocycles. The molecule has 0 radical (unpaired) electrons. The van der Waals surface area contributed by atoms with Gasteiger partial charge in [0.2, 0.25) is 0 Å². The van der Waals surface area contributed by atoms with Crippen LogP contribution in [0.15, 0.2) is 48.7 Å². The Balaban J connectivity index is 2.22. The molecule has 25 heavy (non-hydrogen) atoms. The van der Waals surface area contributed by atoms with Crippen molar-refractivity contribution in [3.05, 3.63) is 67.8 Å². The Bertz CT molecular complexity index is 923. The van der Waals surface area contributed by atoms with Crippen molar-refractivity contribution in [2.45, 2.75) is 6.92 Å². The summed E-state index contributed by atoms with van der Waals surface area (Å²) in [5.74, 6) is -0.424. The van der Waals surface area contributed by atoms with Gasteiger partial charge >= 0.3 is 5.97 Å². The lowest BCUT2D eigenvalue weighted by Crippen LogP contribution is -2.07. The molecule has 7 heteroatoms. The number of rotatable bonds is 4. The standard InChI is InChI=1S/C18H13Cl2IN2O2/c1-2-25-18(24)14-10-22-23(16-8-5-12(19)9-15(16)20)17(14)11-3-6-13(21)7-4-11/h3-10H,2H2,1H3. The second-order valence-corrected chi connectivity index (χ2v) is 7.23. The second kappa shape index (κ2) is 7.76. The Morgan fingerprint density at radius 2 is 1.92 bits per heavy atom. The molecule has 0 amide bonds. The molecule has 0 aliphatic heterocycles. The maximum Gasteiger partial charge on any atom is 0.342 e. The maximum absolute atomic E-state index is 12.4. The van der Waals surface area contributed by atoms with Crippen molar-refractivity contribution >= 4 is 51.8 Å². The van der Waals surface area contributed by atoms with Gasteiger partial charge in [0.15, 0.2) is 0 Å². The van der Waals surface area contributed by atoms with Crippen LogP contribution in [0.25, 0.3) is 16.9 Å². The molecule has 2 aromatic carbocycles. The molecule has 1 heterocycles. The summed E-state index contributed by atoms with van der Waals surface area (Å²) < 4.78 is 7.89. The van der Waals surface area contributed by atoms with E-state index in [1.165, 1.54) is 6.20 Å². The van der Waals surface area contributed by atoms with Gasteiger partial charge in [-0.2, -0.15) is 5.10 Å². The van der Waals surface area contributed by atoms with Gasteiger partial charge in [-0.1, -0.05) is 35.3 Å². The lowest BCUT2D eigenvalue weighted by Gasteiger charge is -2.11. The van der Waals surface area contributed by atoms with Crippen LogP contribution in [0.2, 0.25) is 10.0 Å². The molecule has 0 fully saturated rings. The molecule has 0 aliphatic rings. The molecule has 0 atom stereocenters. The highest BCUT2D eigenvalue weighted by Crippen LogP contribution is 2.31. The molecule has 0 saturated carbocycles. The Morgan fingerprint density at radius 1 is 1.20 bits per heavy atom. The fourth-order valence-corrected chi connectivity index (χ4v) is 3.28. The van der Waals surface area contributed by atoms with Crippen molar-refractivity contribution < 1.29 is 9.53 Å². The first-order chi connectivity index (χ1) is 12.0. The number of halogens is 3. The Labute approximate surface area is 168 Å². The summed E-state index contributed by atoms with van der Waals surface area (Å²) in [6.45, 7) is 2.06. The average Bonchev–Trinajstić information content (AvgIpc) is 3.00. The van der Waals surface area contributed by atoms with Gasteiger partial charge in [0.05, 0.1) is 29.2 Å². The van der Waals surface area contributed by atoms with E-state index in [1.54, 1.807) is 29.8 Å². The summed E-state index contributed by atoms with van der Waals surface area (Å²) in [6, 6.07) is 12.9. The van der Waals surface area contributed by atoms with Gasteiger partial charge in [-0.05, 0) is 59.8 Å². The van der Waals surface area contributed by atoms with Crippen LogP contribution < -0.4 is 0 Å². The topological polar surface area (TPSA) is 44.1 Å². The molecule has 0 saturated heterocycles. The van der Waals surface area contributed by atoms with E-state index < -0.39 is 5.97 Å². The quantitative estimate of drug-likeness (QED) is 0.354. The van der Waals surface area contributed by atoms with Crippen LogP contribution in [0.3, 0.4) is 0 Å². The van der Waals surface area contributed by atoms with E-state index in [2.05, 4.69) is 27.7 Å². The second-order valence-electron chi connectivity index (χ2n) is 5.14. The van der Waals surface area contributed by atoms with Crippen LogP contribution >= 0.6 is 45.8 Å². The summed E-state index contributed by atoms with van der Waals surface area (Å²) in [6.07, 6.45) is 1.50. The molecule has 0 unspecified atom stereocenters. The molecule has 3 aromatic rings. The zero-order chi connectivity index (χ0) is 18.0. The van der Waals surface area contributed by atoms with Gasteiger partial charge in [0, 0.05) is 14.2 Å². The smallest absolute Gasteiger partial charge is 0.342 e. The normalized spacial score (nSPS) is 10.7. The van der Waals surface area contributed by atoms with Gasteiger partial charge < -0.3 is 4.74 Å². The van der Waals surface area contributed by atoms with Crippen molar-refractivity contribution in [3.63, 3.8) is 0 Å². The SMILES string of the molecule is CCOC(=O)c1cnn(-c2ccc(Cl)cc2Cl)c1-c1ccc(I)cc1. The molecule has 128 valence electrons. The largest absolute Gasteiger partial charge is 0.462 e. The fraction of sp³-hybridized carbons (Fsp3) is 0.111. The van der Waals surface area contributed by atoms with Crippen LogP contribution in [0, 0.1) is 3.57 Å². The summed E-state index contributed by atoms with van der Waals surface area (Å²) in [7, 11) is 0. The number of ether oxygens (including phenoxy) is 1. The first-order valence-electron chi connectivity index (χ1n) is 7.47. The summed E-state index contributed by atoms with van der Waals surface area (Å²) in [5, 5.41) is 5.34. The van der Waals surface area contributed by atoms with Crippen LogP contribution in [0.5, 0.6) is 0 Å². The van der Waals surface area contributed by atoms with Crippen molar-refractivity contribution in [2.75, 3.05) is 6.61 Å². The highest BCUT2D eigenvalue weighted by atomic mass is 127. The van der Waals surface area contributed by atoms with E-state index in [-0.39, 0.29) is 6.61 Å². The lowest BCUT2D eigenvalue weighted by atomic mass is 10.1. The fourth-order valence-electron chi connectivity index (χ4n) is 2.43. The van der Waals surface area contributed by atoms with Gasteiger partial charge in [-0.15, -0.1) is 0 Å². The lowest BCUT2D eigenvalue weighted by molar-refractivity contribution is 0.0527. The highest BCUT2D eigenvalue weighted by Gasteiger charge is 2.22. The third-order valence-corrected chi connectivity index (χ3v) is 4.78. The van der Waals surface area contributed by atoms with Crippen molar-refractivity contribution in [2.24, 2.45) is 0 Å². The van der Waals surface area contributed by atoms with Crippen molar-refractivity contribution in [1.29, 1.82) is 0 Å². The Kier molecular flexibility index (Phi) is 5.66. The van der Waals surface area contributed by atoms with E-state index in [0.717, 1.165) is 9.13 Å². The van der Waals surface area contributed by atoms with E-state index in [4.69, 9.17) is 27.9 Å². The minimum atomic E-state index is -0.424. The Hall–Kier alpha value is -1.57. The number of hydrogen-bond donors (Lipinski definition) is 0. The Morgan fingerprint density at radius 3 is 2.56 bits per heavy atom. The number of aromatic nitrogens is 2. The predicted molar refractivity (Wildman–Crippen MR) is 108 cm³/mol. The zero-order valence-corrected chi connectivity index (χ0v) is 16.8. The average molecular weight is 487 g/mol. The number of carbonyl (C=O) groups is 1. The number of benzene rings is 2. The van der Waals surface area contributed by atoms with Gasteiger partial charge in [-0.25, -0.2) is 9.48 Å². The van der Waals surface area contributed by atoms with Gasteiger partial charge in [0.25, 0.3) is 0 Å². The third kappa shape index (κ3) is 3.83. The maximum atomic E-state index is 12.4. The molecular weight excluding hydrogens is 474 g/mol. The van der Waals surface area contributed by atoms with E-state index >= 15 is 0 Å². The molecule has 4 nitrogen and oxygen atoms in total. The number of hydrogen-bond acceptors (Lipinski definition) is 3. The number of carbonyl (C=O) groups excluding carboxylic acids is 1. The van der Waals surface area contributed by atoms with Crippen molar-refractivity contribution in [1.82, 2.24) is 9.78 Å². The minimum Gasteiger partial charge on any atom is -0.462 e. The van der Waals surface area contributed by atoms with Crippen LogP contribution in [0.4, 0.5) is 0 Å². The van der Waals surface area contributed by atoms with E-state index in [0.29, 0.717) is 27.0 Å². The first kappa shape index (κ1) is 18.2. The van der Waals surface area contributed by atoms with Crippen LogP contribution in [-0.2, 0) is 4.74 Å². The predicted octanol–water partition coefficient (Wildman–Crippen LogP) is 5.63. The molecule has 1 aromatic heterocycles. The zero-order valence-electron chi connectivity index (χ0n) is 13.2. The summed E-state index contributed by atoms with van der Waals surface area (Å²) >= 11 is 14.6. The summed E-state index contributed by atoms with van der Waals surface area (Å²) in [5.41, 5.74) is 2.48. The minimum absolute atomic E-state index is 0.290. The number of esters is 1. The summed E-state index contributed by atoms with van der Waals surface area (Å²) in [4.78, 5) is 12.4. The number of nitrogens with zero attached hydrogens (tertiary/aromatic N) is 2. The van der Waals surface area contributed by atoms with E-state index in [1.807, 2.05) is 24.3 Å². The first-order valence-corrected chi connectivity index (χ1v) is 9.31. The molecule has 0 N–H and O–H groups in total. The molecule has 3 rings (SSSR count). The van der Waals surface area contributed by atoms with Crippen LogP contribution in [-0.4, -0.2) is 22.4 Å². The molecule has 0 spiro atoms. The molecule has 0 bridgehead atoms. The van der Waals surface area contributed by atoms with Crippen LogP contribution in [0.1, 0.15) is 17.3 Å². The van der Waals surface area contributed by atoms with Crippen molar-refractivity contribution in [3.8, 4) is 16.9 Å². The monoisotopic (exact) mass is 486 g/mol. The molecular formula is C18H13Cl2IN2O2. The third-order valence-electron chi connectivity index (χ3n) is 3.52. The van der Waals surface area contributed by atoms with Gasteiger partial charge in [0.1, 0.15) is 5.56 Å². The highest BCUT2D eigenvalue weighted by molar-refractivity contribution is 14.1. The van der Waals surface area contributed by atoms with E-state index in [9.17, 15) is 4.79 Å².